The largest absolute Gasteiger partial charge is 0.381 e. The summed E-state index contributed by atoms with van der Waals surface area (Å²) in [7, 11) is 1.76. The number of ether oxygens (including phenoxy) is 2. The SMILES string of the molecule is COC1CCOC2(C1)CN(C(=O)C1=CCCC1)C2. The number of amides is 1. The van der Waals surface area contributed by atoms with E-state index in [1.807, 2.05) is 4.90 Å². The van der Waals surface area contributed by atoms with E-state index in [9.17, 15) is 4.79 Å². The molecule has 0 aromatic heterocycles. The van der Waals surface area contributed by atoms with Crippen LogP contribution < -0.4 is 0 Å². The van der Waals surface area contributed by atoms with Crippen molar-refractivity contribution in [2.75, 3.05) is 26.8 Å². The van der Waals surface area contributed by atoms with Crippen molar-refractivity contribution in [2.45, 2.75) is 43.8 Å². The summed E-state index contributed by atoms with van der Waals surface area (Å²) >= 11 is 0. The molecule has 0 radical (unpaired) electrons. The van der Waals surface area contributed by atoms with Gasteiger partial charge < -0.3 is 14.4 Å². The van der Waals surface area contributed by atoms with Crippen molar-refractivity contribution in [3.8, 4) is 0 Å². The highest BCUT2D eigenvalue weighted by Gasteiger charge is 2.49. The summed E-state index contributed by atoms with van der Waals surface area (Å²) in [4.78, 5) is 14.1. The maximum absolute atomic E-state index is 12.2. The summed E-state index contributed by atoms with van der Waals surface area (Å²) in [6.45, 7) is 2.23. The normalized spacial score (nSPS) is 30.2. The van der Waals surface area contributed by atoms with E-state index in [4.69, 9.17) is 9.47 Å². The van der Waals surface area contributed by atoms with Crippen LogP contribution in [0.15, 0.2) is 11.6 Å². The Morgan fingerprint density at radius 3 is 3.06 bits per heavy atom. The second kappa shape index (κ2) is 4.67. The summed E-state index contributed by atoms with van der Waals surface area (Å²) < 4.78 is 11.3. The van der Waals surface area contributed by atoms with Crippen LogP contribution in [0.3, 0.4) is 0 Å². The minimum atomic E-state index is -0.117. The molecule has 1 aliphatic carbocycles. The van der Waals surface area contributed by atoms with Crippen molar-refractivity contribution in [1.29, 1.82) is 0 Å². The molecular formula is C14H21NO3. The molecule has 3 aliphatic rings. The van der Waals surface area contributed by atoms with Gasteiger partial charge in [0.05, 0.1) is 19.2 Å². The Labute approximate surface area is 108 Å². The van der Waals surface area contributed by atoms with Gasteiger partial charge in [0, 0.05) is 25.7 Å². The van der Waals surface area contributed by atoms with Crippen molar-refractivity contribution >= 4 is 5.91 Å². The van der Waals surface area contributed by atoms with E-state index in [0.717, 1.165) is 57.4 Å². The molecule has 1 unspecified atom stereocenters. The minimum absolute atomic E-state index is 0.117. The van der Waals surface area contributed by atoms with Gasteiger partial charge in [-0.15, -0.1) is 0 Å². The van der Waals surface area contributed by atoms with Gasteiger partial charge in [-0.05, 0) is 25.7 Å². The molecule has 0 N–H and O–H groups in total. The van der Waals surface area contributed by atoms with E-state index < -0.39 is 0 Å². The molecule has 0 bridgehead atoms. The van der Waals surface area contributed by atoms with Crippen molar-refractivity contribution in [3.63, 3.8) is 0 Å². The van der Waals surface area contributed by atoms with Crippen molar-refractivity contribution in [1.82, 2.24) is 4.90 Å². The Balaban J connectivity index is 1.57. The molecule has 0 aromatic carbocycles. The van der Waals surface area contributed by atoms with E-state index >= 15 is 0 Å². The Morgan fingerprint density at radius 2 is 2.39 bits per heavy atom. The lowest BCUT2D eigenvalue weighted by atomic mass is 9.84. The van der Waals surface area contributed by atoms with Crippen LogP contribution >= 0.6 is 0 Å². The number of likely N-dealkylation sites (tertiary alicyclic amines) is 1. The molecule has 2 aliphatic heterocycles. The maximum atomic E-state index is 12.2. The number of hydrogen-bond donors (Lipinski definition) is 0. The van der Waals surface area contributed by atoms with E-state index in [1.165, 1.54) is 0 Å². The van der Waals surface area contributed by atoms with Crippen molar-refractivity contribution < 1.29 is 14.3 Å². The number of carbonyl (C=O) groups excluding carboxylic acids is 1. The van der Waals surface area contributed by atoms with Crippen LogP contribution in [0.25, 0.3) is 0 Å². The third kappa shape index (κ3) is 2.08. The molecule has 100 valence electrons. The lowest BCUT2D eigenvalue weighted by Crippen LogP contribution is -2.67. The van der Waals surface area contributed by atoms with E-state index in [2.05, 4.69) is 6.08 Å². The highest BCUT2D eigenvalue weighted by atomic mass is 16.5. The fraction of sp³-hybridized carbons (Fsp3) is 0.786. The fourth-order valence-electron chi connectivity index (χ4n) is 3.27. The van der Waals surface area contributed by atoms with Crippen LogP contribution in [0, 0.1) is 0 Å². The molecule has 1 atom stereocenters. The number of nitrogens with zero attached hydrogens (tertiary/aromatic N) is 1. The van der Waals surface area contributed by atoms with Crippen molar-refractivity contribution in [3.05, 3.63) is 11.6 Å². The Bertz CT molecular complexity index is 371. The lowest BCUT2D eigenvalue weighted by molar-refractivity contribution is -0.196. The average molecular weight is 251 g/mol. The first kappa shape index (κ1) is 12.2. The van der Waals surface area contributed by atoms with Crippen LogP contribution in [0.4, 0.5) is 0 Å². The van der Waals surface area contributed by atoms with Crippen LogP contribution in [0.1, 0.15) is 32.1 Å². The zero-order valence-electron chi connectivity index (χ0n) is 11.0. The Kier molecular flexibility index (Phi) is 3.16. The molecule has 4 heteroatoms. The number of methoxy groups -OCH3 is 1. The summed E-state index contributed by atoms with van der Waals surface area (Å²) in [6, 6.07) is 0. The number of carbonyl (C=O) groups is 1. The minimum Gasteiger partial charge on any atom is -0.381 e. The molecule has 2 heterocycles. The number of rotatable bonds is 2. The molecule has 0 saturated carbocycles. The zero-order chi connectivity index (χ0) is 12.6. The van der Waals surface area contributed by atoms with Crippen LogP contribution in [0.2, 0.25) is 0 Å². The van der Waals surface area contributed by atoms with Gasteiger partial charge in [-0.3, -0.25) is 4.79 Å². The Morgan fingerprint density at radius 1 is 1.56 bits per heavy atom. The summed E-state index contributed by atoms with van der Waals surface area (Å²) in [6.07, 6.45) is 7.41. The highest BCUT2D eigenvalue weighted by molar-refractivity contribution is 5.94. The first-order valence-corrected chi connectivity index (χ1v) is 6.87. The van der Waals surface area contributed by atoms with Gasteiger partial charge in [-0.1, -0.05) is 6.08 Å². The summed E-state index contributed by atoms with van der Waals surface area (Å²) in [5.41, 5.74) is 0.886. The van der Waals surface area contributed by atoms with Gasteiger partial charge in [0.1, 0.15) is 5.60 Å². The Hall–Kier alpha value is -0.870. The third-order valence-electron chi connectivity index (χ3n) is 4.34. The van der Waals surface area contributed by atoms with Gasteiger partial charge in [0.15, 0.2) is 0 Å². The molecule has 0 aromatic rings. The molecule has 2 saturated heterocycles. The predicted molar refractivity (Wildman–Crippen MR) is 67.2 cm³/mol. The third-order valence-corrected chi connectivity index (χ3v) is 4.34. The smallest absolute Gasteiger partial charge is 0.249 e. The summed E-state index contributed by atoms with van der Waals surface area (Å²) in [5.74, 6) is 0.223. The van der Waals surface area contributed by atoms with Crippen molar-refractivity contribution in [2.24, 2.45) is 0 Å². The van der Waals surface area contributed by atoms with Crippen LogP contribution in [-0.4, -0.2) is 49.3 Å². The molecule has 2 fully saturated rings. The molecule has 1 spiro atoms. The van der Waals surface area contributed by atoms with E-state index in [1.54, 1.807) is 7.11 Å². The molecule has 1 amide bonds. The standard InChI is InChI=1S/C14H21NO3/c1-17-12-6-7-18-14(8-12)9-15(10-14)13(16)11-4-2-3-5-11/h4,12H,2-3,5-10H2,1H3. The second-order valence-electron chi connectivity index (χ2n) is 5.66. The van der Waals surface area contributed by atoms with Gasteiger partial charge >= 0.3 is 0 Å². The van der Waals surface area contributed by atoms with E-state index in [0.29, 0.717) is 6.10 Å². The van der Waals surface area contributed by atoms with Gasteiger partial charge in [-0.25, -0.2) is 0 Å². The lowest BCUT2D eigenvalue weighted by Gasteiger charge is -2.53. The monoisotopic (exact) mass is 251 g/mol. The van der Waals surface area contributed by atoms with Gasteiger partial charge in [0.25, 0.3) is 0 Å². The van der Waals surface area contributed by atoms with Crippen LogP contribution in [0.5, 0.6) is 0 Å². The number of allylic oxidation sites excluding steroid dienone is 1. The predicted octanol–water partition coefficient (Wildman–Crippen LogP) is 1.50. The zero-order valence-corrected chi connectivity index (χ0v) is 11.0. The second-order valence-corrected chi connectivity index (χ2v) is 5.66. The topological polar surface area (TPSA) is 38.8 Å². The molecule has 4 nitrogen and oxygen atoms in total. The van der Waals surface area contributed by atoms with E-state index in [-0.39, 0.29) is 11.5 Å². The molecule has 3 rings (SSSR count). The molecular weight excluding hydrogens is 230 g/mol. The highest BCUT2D eigenvalue weighted by Crippen LogP contribution is 2.36. The molecule has 18 heavy (non-hydrogen) atoms. The first-order chi connectivity index (χ1) is 8.72. The summed E-state index contributed by atoms with van der Waals surface area (Å²) in [5, 5.41) is 0. The quantitative estimate of drug-likeness (QED) is 0.746. The van der Waals surface area contributed by atoms with Crippen LogP contribution in [-0.2, 0) is 14.3 Å². The fourth-order valence-corrected chi connectivity index (χ4v) is 3.27. The first-order valence-electron chi connectivity index (χ1n) is 6.87. The average Bonchev–Trinajstić information content (AvgIpc) is 2.89. The van der Waals surface area contributed by atoms with Gasteiger partial charge in [-0.2, -0.15) is 0 Å². The van der Waals surface area contributed by atoms with Gasteiger partial charge in [0.2, 0.25) is 5.91 Å². The number of hydrogen-bond acceptors (Lipinski definition) is 3. The maximum Gasteiger partial charge on any atom is 0.249 e.